The second kappa shape index (κ2) is 5.75. The Kier molecular flexibility index (Phi) is 5.36. The van der Waals surface area contributed by atoms with E-state index in [0.717, 1.165) is 0 Å². The molecule has 0 fully saturated rings. The number of hydrogen-bond acceptors (Lipinski definition) is 3. The third-order valence-corrected chi connectivity index (χ3v) is 1.80. The van der Waals surface area contributed by atoms with Crippen LogP contribution in [0.15, 0.2) is 12.7 Å². The molecule has 15 heavy (non-hydrogen) atoms. The normalized spacial score (nSPS) is 13.1. The number of ether oxygens (including phenoxy) is 1. The van der Waals surface area contributed by atoms with Gasteiger partial charge in [-0.1, -0.05) is 6.08 Å². The SMILES string of the molecule is C=CC(C)N(CCO)C(=O)OC(C)(C)C. The molecule has 0 aliphatic rings. The minimum Gasteiger partial charge on any atom is -0.444 e. The largest absolute Gasteiger partial charge is 0.444 e. The predicted octanol–water partition coefficient (Wildman–Crippen LogP) is 1.79. The van der Waals surface area contributed by atoms with Gasteiger partial charge in [-0.3, -0.25) is 4.90 Å². The molecule has 0 aromatic carbocycles. The van der Waals surface area contributed by atoms with Gasteiger partial charge in [-0.25, -0.2) is 4.79 Å². The van der Waals surface area contributed by atoms with Crippen LogP contribution in [0.1, 0.15) is 27.7 Å². The van der Waals surface area contributed by atoms with Gasteiger partial charge in [-0.15, -0.1) is 6.58 Å². The van der Waals surface area contributed by atoms with E-state index in [1.165, 1.54) is 4.90 Å². The average Bonchev–Trinajstić information content (AvgIpc) is 2.10. The van der Waals surface area contributed by atoms with Crippen LogP contribution < -0.4 is 0 Å². The van der Waals surface area contributed by atoms with Crippen LogP contribution in [0, 0.1) is 0 Å². The Hall–Kier alpha value is -1.03. The summed E-state index contributed by atoms with van der Waals surface area (Å²) in [6.45, 7) is 11.0. The quantitative estimate of drug-likeness (QED) is 0.727. The van der Waals surface area contributed by atoms with Gasteiger partial charge in [0, 0.05) is 6.54 Å². The summed E-state index contributed by atoms with van der Waals surface area (Å²) in [5.74, 6) is 0. The molecule has 1 amide bonds. The zero-order valence-corrected chi connectivity index (χ0v) is 9.99. The van der Waals surface area contributed by atoms with E-state index >= 15 is 0 Å². The van der Waals surface area contributed by atoms with Gasteiger partial charge < -0.3 is 9.84 Å². The molecule has 88 valence electrons. The van der Waals surface area contributed by atoms with Gasteiger partial charge in [0.2, 0.25) is 0 Å². The molecule has 1 unspecified atom stereocenters. The first-order valence-electron chi connectivity index (χ1n) is 5.05. The van der Waals surface area contributed by atoms with Crippen LogP contribution in [0.25, 0.3) is 0 Å². The Morgan fingerprint density at radius 1 is 1.60 bits per heavy atom. The Labute approximate surface area is 91.5 Å². The van der Waals surface area contributed by atoms with Gasteiger partial charge in [0.15, 0.2) is 0 Å². The molecule has 4 nitrogen and oxygen atoms in total. The molecule has 0 saturated carbocycles. The molecular formula is C11H21NO3. The molecule has 0 aromatic heterocycles. The number of aliphatic hydroxyl groups excluding tert-OH is 1. The summed E-state index contributed by atoms with van der Waals surface area (Å²) >= 11 is 0. The van der Waals surface area contributed by atoms with Crippen LogP contribution in [0.2, 0.25) is 0 Å². The summed E-state index contributed by atoms with van der Waals surface area (Å²) in [5, 5.41) is 8.84. The lowest BCUT2D eigenvalue weighted by Crippen LogP contribution is -2.42. The van der Waals surface area contributed by atoms with Crippen molar-refractivity contribution in [1.82, 2.24) is 4.90 Å². The Morgan fingerprint density at radius 2 is 2.13 bits per heavy atom. The number of carbonyl (C=O) groups excluding carboxylic acids is 1. The van der Waals surface area contributed by atoms with E-state index in [0.29, 0.717) is 0 Å². The Balaban J connectivity index is 4.48. The zero-order chi connectivity index (χ0) is 12.1. The molecule has 1 atom stereocenters. The molecule has 0 rings (SSSR count). The van der Waals surface area contributed by atoms with E-state index in [2.05, 4.69) is 6.58 Å². The van der Waals surface area contributed by atoms with E-state index in [9.17, 15) is 4.79 Å². The van der Waals surface area contributed by atoms with E-state index < -0.39 is 11.7 Å². The summed E-state index contributed by atoms with van der Waals surface area (Å²) in [5.41, 5.74) is -0.522. The van der Waals surface area contributed by atoms with Crippen LogP contribution in [0.5, 0.6) is 0 Å². The maximum absolute atomic E-state index is 11.7. The van der Waals surface area contributed by atoms with Crippen molar-refractivity contribution in [3.63, 3.8) is 0 Å². The summed E-state index contributed by atoms with van der Waals surface area (Å²) in [6, 6.07) is -0.146. The first-order valence-corrected chi connectivity index (χ1v) is 5.05. The predicted molar refractivity (Wildman–Crippen MR) is 59.7 cm³/mol. The van der Waals surface area contributed by atoms with Crippen molar-refractivity contribution in [2.24, 2.45) is 0 Å². The lowest BCUT2D eigenvalue weighted by Gasteiger charge is -2.29. The van der Waals surface area contributed by atoms with Crippen LogP contribution >= 0.6 is 0 Å². The maximum Gasteiger partial charge on any atom is 0.410 e. The highest BCUT2D eigenvalue weighted by Crippen LogP contribution is 2.11. The van der Waals surface area contributed by atoms with Crippen LogP contribution in [0.4, 0.5) is 4.79 Å². The molecule has 0 aliphatic carbocycles. The first kappa shape index (κ1) is 14.0. The third kappa shape index (κ3) is 5.42. The molecule has 0 bridgehead atoms. The summed E-state index contributed by atoms with van der Waals surface area (Å²) in [4.78, 5) is 13.1. The highest BCUT2D eigenvalue weighted by Gasteiger charge is 2.23. The highest BCUT2D eigenvalue weighted by molar-refractivity contribution is 5.68. The monoisotopic (exact) mass is 215 g/mol. The van der Waals surface area contributed by atoms with Gasteiger partial charge in [-0.05, 0) is 27.7 Å². The molecule has 0 aromatic rings. The van der Waals surface area contributed by atoms with Crippen molar-refractivity contribution in [3.8, 4) is 0 Å². The first-order chi connectivity index (χ1) is 6.81. The van der Waals surface area contributed by atoms with Crippen molar-refractivity contribution in [3.05, 3.63) is 12.7 Å². The van der Waals surface area contributed by atoms with E-state index in [1.807, 2.05) is 6.92 Å². The standard InChI is InChI=1S/C11H21NO3/c1-6-9(2)12(7-8-13)10(14)15-11(3,4)5/h6,9,13H,1,7-8H2,2-5H3. The van der Waals surface area contributed by atoms with Gasteiger partial charge in [0.05, 0.1) is 12.6 Å². The Morgan fingerprint density at radius 3 is 2.47 bits per heavy atom. The van der Waals surface area contributed by atoms with Crippen molar-refractivity contribution in [2.45, 2.75) is 39.3 Å². The fraction of sp³-hybridized carbons (Fsp3) is 0.727. The van der Waals surface area contributed by atoms with Gasteiger partial charge in [0.25, 0.3) is 0 Å². The third-order valence-electron chi connectivity index (χ3n) is 1.80. The number of hydrogen-bond donors (Lipinski definition) is 1. The van der Waals surface area contributed by atoms with Gasteiger partial charge >= 0.3 is 6.09 Å². The molecule has 0 aliphatic heterocycles. The summed E-state index contributed by atoms with van der Waals surface area (Å²) < 4.78 is 5.20. The summed E-state index contributed by atoms with van der Waals surface area (Å²) in [7, 11) is 0. The second-order valence-corrected chi connectivity index (χ2v) is 4.37. The molecule has 1 N–H and O–H groups in total. The lowest BCUT2D eigenvalue weighted by molar-refractivity contribution is 0.0178. The van der Waals surface area contributed by atoms with E-state index in [4.69, 9.17) is 9.84 Å². The molecule has 0 spiro atoms. The molecular weight excluding hydrogens is 194 g/mol. The lowest BCUT2D eigenvalue weighted by atomic mass is 10.2. The minimum atomic E-state index is -0.522. The van der Waals surface area contributed by atoms with E-state index in [1.54, 1.807) is 26.8 Å². The fourth-order valence-corrected chi connectivity index (χ4v) is 1.02. The minimum absolute atomic E-state index is 0.0859. The average molecular weight is 215 g/mol. The molecule has 4 heteroatoms. The van der Waals surface area contributed by atoms with Gasteiger partial charge in [0.1, 0.15) is 5.60 Å². The number of carbonyl (C=O) groups is 1. The highest BCUT2D eigenvalue weighted by atomic mass is 16.6. The smallest absolute Gasteiger partial charge is 0.410 e. The number of rotatable bonds is 4. The van der Waals surface area contributed by atoms with Crippen LogP contribution in [0.3, 0.4) is 0 Å². The fourth-order valence-electron chi connectivity index (χ4n) is 1.02. The number of amides is 1. The number of nitrogens with zero attached hydrogens (tertiary/aromatic N) is 1. The van der Waals surface area contributed by atoms with Crippen LogP contribution in [-0.2, 0) is 4.74 Å². The molecule has 0 heterocycles. The van der Waals surface area contributed by atoms with E-state index in [-0.39, 0.29) is 19.2 Å². The van der Waals surface area contributed by atoms with Crippen molar-refractivity contribution in [2.75, 3.05) is 13.2 Å². The Bertz CT molecular complexity index is 220. The van der Waals surface area contributed by atoms with Crippen molar-refractivity contribution >= 4 is 6.09 Å². The van der Waals surface area contributed by atoms with Crippen molar-refractivity contribution < 1.29 is 14.6 Å². The van der Waals surface area contributed by atoms with Gasteiger partial charge in [-0.2, -0.15) is 0 Å². The molecule has 0 saturated heterocycles. The zero-order valence-electron chi connectivity index (χ0n) is 9.99. The topological polar surface area (TPSA) is 49.8 Å². The van der Waals surface area contributed by atoms with Crippen molar-refractivity contribution in [1.29, 1.82) is 0 Å². The molecule has 0 radical (unpaired) electrons. The number of aliphatic hydroxyl groups is 1. The van der Waals surface area contributed by atoms with Crippen LogP contribution in [-0.4, -0.2) is 40.9 Å². The second-order valence-electron chi connectivity index (χ2n) is 4.37. The maximum atomic E-state index is 11.7. The summed E-state index contributed by atoms with van der Waals surface area (Å²) in [6.07, 6.45) is 1.21.